The van der Waals surface area contributed by atoms with Gasteiger partial charge >= 0.3 is 0 Å². The van der Waals surface area contributed by atoms with Gasteiger partial charge in [-0.05, 0) is 44.0 Å². The molecule has 0 amide bonds. The molecule has 2 rings (SSSR count). The van der Waals surface area contributed by atoms with E-state index in [2.05, 4.69) is 49.7 Å². The maximum absolute atomic E-state index is 4.56. The van der Waals surface area contributed by atoms with Crippen LogP contribution in [0.3, 0.4) is 0 Å². The van der Waals surface area contributed by atoms with Crippen LogP contribution in [-0.4, -0.2) is 4.98 Å². The van der Waals surface area contributed by atoms with Gasteiger partial charge in [-0.25, -0.2) is 0 Å². The highest BCUT2D eigenvalue weighted by molar-refractivity contribution is 5.94. The summed E-state index contributed by atoms with van der Waals surface area (Å²) in [6, 6.07) is 10.4. The minimum Gasteiger partial charge on any atom is -0.253 e. The molecule has 0 fully saturated rings. The van der Waals surface area contributed by atoms with E-state index in [1.54, 1.807) is 0 Å². The van der Waals surface area contributed by atoms with Crippen molar-refractivity contribution in [2.45, 2.75) is 20.8 Å². The Morgan fingerprint density at radius 1 is 1.24 bits per heavy atom. The van der Waals surface area contributed by atoms with Gasteiger partial charge in [0.25, 0.3) is 0 Å². The number of pyridine rings is 1. The van der Waals surface area contributed by atoms with Crippen molar-refractivity contribution in [3.05, 3.63) is 59.8 Å². The summed E-state index contributed by atoms with van der Waals surface area (Å²) >= 11 is 0. The molecular weight excluding hydrogens is 206 g/mol. The number of benzene rings is 1. The van der Waals surface area contributed by atoms with Crippen molar-refractivity contribution in [1.29, 1.82) is 0 Å². The highest BCUT2D eigenvalue weighted by Crippen LogP contribution is 2.27. The second-order valence-electron chi connectivity index (χ2n) is 4.45. The van der Waals surface area contributed by atoms with Gasteiger partial charge in [0, 0.05) is 11.1 Å². The van der Waals surface area contributed by atoms with Gasteiger partial charge in [-0.3, -0.25) is 4.98 Å². The number of aryl methyl sites for hydroxylation is 1. The summed E-state index contributed by atoms with van der Waals surface area (Å²) in [4.78, 5) is 4.56. The fraction of sp³-hybridized carbons (Fsp3) is 0.188. The zero-order valence-electron chi connectivity index (χ0n) is 10.6. The number of hydrogen-bond donors (Lipinski definition) is 0. The van der Waals surface area contributed by atoms with Gasteiger partial charge in [0.05, 0.1) is 5.52 Å². The van der Waals surface area contributed by atoms with Crippen LogP contribution < -0.4 is 0 Å². The fourth-order valence-electron chi connectivity index (χ4n) is 2.11. The van der Waals surface area contributed by atoms with Crippen molar-refractivity contribution in [3.63, 3.8) is 0 Å². The van der Waals surface area contributed by atoms with E-state index >= 15 is 0 Å². The number of fused-ring (bicyclic) bond motifs is 1. The average Bonchev–Trinajstić information content (AvgIpc) is 2.29. The maximum Gasteiger partial charge on any atom is 0.0711 e. The largest absolute Gasteiger partial charge is 0.253 e. The minimum absolute atomic E-state index is 1.04. The number of allylic oxidation sites excluding steroid dienone is 3. The second kappa shape index (κ2) is 4.54. The fourth-order valence-corrected chi connectivity index (χ4v) is 2.11. The molecule has 0 radical (unpaired) electrons. The highest BCUT2D eigenvalue weighted by Gasteiger charge is 2.07. The van der Waals surface area contributed by atoms with Crippen LogP contribution in [0.25, 0.3) is 16.5 Å². The summed E-state index contributed by atoms with van der Waals surface area (Å²) in [7, 11) is 0. The zero-order valence-corrected chi connectivity index (χ0v) is 10.6. The van der Waals surface area contributed by atoms with E-state index in [0.29, 0.717) is 0 Å². The molecule has 0 saturated heterocycles. The molecule has 1 heterocycles. The molecule has 1 heteroatoms. The van der Waals surface area contributed by atoms with Gasteiger partial charge in [-0.1, -0.05) is 36.4 Å². The van der Waals surface area contributed by atoms with Gasteiger partial charge in [-0.15, -0.1) is 0 Å². The smallest absolute Gasteiger partial charge is 0.0711 e. The number of aromatic nitrogens is 1. The molecule has 0 aliphatic carbocycles. The van der Waals surface area contributed by atoms with Crippen molar-refractivity contribution in [1.82, 2.24) is 4.98 Å². The van der Waals surface area contributed by atoms with E-state index in [1.807, 2.05) is 19.1 Å². The van der Waals surface area contributed by atoms with Crippen molar-refractivity contribution in [2.24, 2.45) is 0 Å². The van der Waals surface area contributed by atoms with Gasteiger partial charge < -0.3 is 0 Å². The molecule has 0 spiro atoms. The lowest BCUT2D eigenvalue weighted by molar-refractivity contribution is 1.25. The third kappa shape index (κ3) is 2.14. The molecule has 17 heavy (non-hydrogen) atoms. The number of para-hydroxylation sites is 1. The molecular formula is C16H17N. The molecule has 0 bridgehead atoms. The van der Waals surface area contributed by atoms with Gasteiger partial charge in [0.1, 0.15) is 0 Å². The molecule has 0 N–H and O–H groups in total. The quantitative estimate of drug-likeness (QED) is 0.682. The molecule has 86 valence electrons. The first-order chi connectivity index (χ1) is 8.13. The van der Waals surface area contributed by atoms with E-state index in [-0.39, 0.29) is 0 Å². The van der Waals surface area contributed by atoms with Crippen molar-refractivity contribution in [2.75, 3.05) is 0 Å². The minimum atomic E-state index is 1.04. The van der Waals surface area contributed by atoms with E-state index in [9.17, 15) is 0 Å². The van der Waals surface area contributed by atoms with Crippen LogP contribution in [0.4, 0.5) is 0 Å². The SMILES string of the molecule is C=CC(=C(C)C)c1cc(C)nc2ccccc12. The third-order valence-corrected chi connectivity index (χ3v) is 2.88. The number of hydrogen-bond acceptors (Lipinski definition) is 1. The Morgan fingerprint density at radius 3 is 2.59 bits per heavy atom. The highest BCUT2D eigenvalue weighted by atomic mass is 14.7. The van der Waals surface area contributed by atoms with Gasteiger partial charge in [0.2, 0.25) is 0 Å². The van der Waals surface area contributed by atoms with E-state index < -0.39 is 0 Å². The first-order valence-electron chi connectivity index (χ1n) is 5.80. The first-order valence-corrected chi connectivity index (χ1v) is 5.80. The molecule has 1 aromatic carbocycles. The normalized spacial score (nSPS) is 10.3. The van der Waals surface area contributed by atoms with Crippen molar-refractivity contribution < 1.29 is 0 Å². The Kier molecular flexibility index (Phi) is 3.10. The van der Waals surface area contributed by atoms with Crippen molar-refractivity contribution in [3.8, 4) is 0 Å². The number of rotatable bonds is 2. The van der Waals surface area contributed by atoms with Crippen molar-refractivity contribution >= 4 is 16.5 Å². The Hall–Kier alpha value is -1.89. The second-order valence-corrected chi connectivity index (χ2v) is 4.45. The zero-order chi connectivity index (χ0) is 12.4. The lowest BCUT2D eigenvalue weighted by Gasteiger charge is -2.10. The molecule has 1 aromatic heterocycles. The van der Waals surface area contributed by atoms with Crippen LogP contribution in [0, 0.1) is 6.92 Å². The van der Waals surface area contributed by atoms with Crippen LogP contribution in [-0.2, 0) is 0 Å². The van der Waals surface area contributed by atoms with Gasteiger partial charge in [0.15, 0.2) is 0 Å². The summed E-state index contributed by atoms with van der Waals surface area (Å²) in [6.07, 6.45) is 1.93. The summed E-state index contributed by atoms with van der Waals surface area (Å²) in [5.41, 5.74) is 5.79. The van der Waals surface area contributed by atoms with E-state index in [0.717, 1.165) is 11.2 Å². The lowest BCUT2D eigenvalue weighted by Crippen LogP contribution is -1.91. The predicted octanol–water partition coefficient (Wildman–Crippen LogP) is 4.52. The Labute approximate surface area is 103 Å². The standard InChI is InChI=1S/C16H17N/c1-5-13(11(2)3)15-10-12(4)17-16-9-7-6-8-14(15)16/h5-10H,1H2,2-4H3. The van der Waals surface area contributed by atoms with E-state index in [1.165, 1.54) is 22.1 Å². The summed E-state index contributed by atoms with van der Waals surface area (Å²) in [6.45, 7) is 10.2. The average molecular weight is 223 g/mol. The summed E-state index contributed by atoms with van der Waals surface area (Å²) in [5, 5.41) is 1.19. The monoisotopic (exact) mass is 223 g/mol. The Balaban J connectivity index is 2.85. The van der Waals surface area contributed by atoms with E-state index in [4.69, 9.17) is 0 Å². The molecule has 0 saturated carbocycles. The Bertz CT molecular complexity index is 602. The van der Waals surface area contributed by atoms with Gasteiger partial charge in [-0.2, -0.15) is 0 Å². The topological polar surface area (TPSA) is 12.9 Å². The molecule has 0 unspecified atom stereocenters. The van der Waals surface area contributed by atoms with Crippen LogP contribution in [0.5, 0.6) is 0 Å². The first kappa shape index (κ1) is 11.6. The van der Waals surface area contributed by atoms with Crippen LogP contribution in [0.1, 0.15) is 25.1 Å². The molecule has 0 aliphatic rings. The Morgan fingerprint density at radius 2 is 1.94 bits per heavy atom. The van der Waals surface area contributed by atoms with Crippen LogP contribution in [0.15, 0.2) is 48.6 Å². The molecule has 0 aliphatic heterocycles. The van der Waals surface area contributed by atoms with Crippen LogP contribution in [0.2, 0.25) is 0 Å². The summed E-state index contributed by atoms with van der Waals surface area (Å²) < 4.78 is 0. The maximum atomic E-state index is 4.56. The predicted molar refractivity (Wildman–Crippen MR) is 74.9 cm³/mol. The molecule has 2 aromatic rings. The molecule has 1 nitrogen and oxygen atoms in total. The van der Waals surface area contributed by atoms with Crippen LogP contribution >= 0.6 is 0 Å². The summed E-state index contributed by atoms with van der Waals surface area (Å²) in [5.74, 6) is 0. The number of nitrogens with zero attached hydrogens (tertiary/aromatic N) is 1. The molecule has 0 atom stereocenters. The lowest BCUT2D eigenvalue weighted by atomic mass is 9.97. The third-order valence-electron chi connectivity index (χ3n) is 2.88.